The lowest BCUT2D eigenvalue weighted by molar-refractivity contribution is -0.554. The van der Waals surface area contributed by atoms with Gasteiger partial charge in [-0.05, 0) is 6.07 Å². The molecule has 2 saturated heterocycles. The molecule has 0 radical (unpaired) electrons. The van der Waals surface area contributed by atoms with E-state index in [-0.39, 0.29) is 11.9 Å². The smallest absolute Gasteiger partial charge is 0.375 e. The van der Waals surface area contributed by atoms with Crippen molar-refractivity contribution in [3.8, 4) is 0 Å². The summed E-state index contributed by atoms with van der Waals surface area (Å²) >= 11 is 6.36. The van der Waals surface area contributed by atoms with Gasteiger partial charge in [0, 0.05) is 24.7 Å². The lowest BCUT2D eigenvalue weighted by Crippen LogP contribution is -2.62. The highest BCUT2D eigenvalue weighted by molar-refractivity contribution is 6.31. The van der Waals surface area contributed by atoms with Crippen LogP contribution in [0, 0.1) is 0 Å². The zero-order valence-electron chi connectivity index (χ0n) is 15.3. The van der Waals surface area contributed by atoms with E-state index in [1.165, 1.54) is 11.9 Å². The van der Waals surface area contributed by atoms with Gasteiger partial charge in [-0.25, -0.2) is 9.69 Å². The zero-order valence-corrected chi connectivity index (χ0v) is 16.0. The second kappa shape index (κ2) is 6.94. The summed E-state index contributed by atoms with van der Waals surface area (Å²) in [5.41, 5.74) is 0.899. The zero-order chi connectivity index (χ0) is 19.1. The first-order valence-electron chi connectivity index (χ1n) is 8.82. The number of likely N-dealkylation sites (N-methyl/N-ethyl adjacent to an activating group) is 2. The highest BCUT2D eigenvalue weighted by Gasteiger charge is 2.55. The van der Waals surface area contributed by atoms with E-state index in [0.29, 0.717) is 49.7 Å². The van der Waals surface area contributed by atoms with E-state index in [4.69, 9.17) is 21.3 Å². The van der Waals surface area contributed by atoms with Crippen LogP contribution >= 0.6 is 11.6 Å². The van der Waals surface area contributed by atoms with Gasteiger partial charge in [0.2, 0.25) is 11.9 Å². The predicted molar refractivity (Wildman–Crippen MR) is 100.0 cm³/mol. The van der Waals surface area contributed by atoms with E-state index in [9.17, 15) is 9.59 Å². The number of amidine groups is 1. The van der Waals surface area contributed by atoms with E-state index in [1.54, 1.807) is 7.05 Å². The largest absolute Gasteiger partial charge is 0.392 e. The van der Waals surface area contributed by atoms with Gasteiger partial charge in [0.1, 0.15) is 0 Å². The minimum absolute atomic E-state index is 0.285. The van der Waals surface area contributed by atoms with Crippen LogP contribution < -0.4 is 0 Å². The molecule has 3 aliphatic rings. The van der Waals surface area contributed by atoms with Gasteiger partial charge in [-0.15, -0.1) is 0 Å². The number of rotatable bonds is 2. The van der Waals surface area contributed by atoms with Crippen LogP contribution in [0.3, 0.4) is 0 Å². The molecule has 0 N–H and O–H groups in total. The Bertz CT molecular complexity index is 860. The molecule has 0 spiro atoms. The van der Waals surface area contributed by atoms with Gasteiger partial charge in [-0.1, -0.05) is 34.8 Å². The van der Waals surface area contributed by atoms with Crippen LogP contribution in [0.25, 0.3) is 0 Å². The fraction of sp³-hybridized carbons (Fsp3) is 0.444. The first-order valence-corrected chi connectivity index (χ1v) is 9.20. The molecule has 1 atom stereocenters. The first-order chi connectivity index (χ1) is 13.0. The van der Waals surface area contributed by atoms with Crippen LogP contribution in [0.1, 0.15) is 5.56 Å². The standard InChI is InChI=1S/C18H21ClN5O3/c1-21-15-14(16(25)22(2)18(21)26)24(11-12-5-3-4-6-13(12)19)17(20-15)23-7-9-27-10-8-23/h3-6,14H,7-11H2,1-2H3/q+1. The maximum Gasteiger partial charge on any atom is 0.392 e. The van der Waals surface area contributed by atoms with E-state index in [0.717, 1.165) is 10.5 Å². The van der Waals surface area contributed by atoms with Crippen LogP contribution in [0.2, 0.25) is 5.02 Å². The molecule has 4 rings (SSSR count). The molecular formula is C18H21ClN5O3+. The molecular weight excluding hydrogens is 370 g/mol. The maximum absolute atomic E-state index is 12.9. The molecule has 142 valence electrons. The van der Waals surface area contributed by atoms with Gasteiger partial charge in [0.15, 0.2) is 0 Å². The van der Waals surface area contributed by atoms with E-state index >= 15 is 0 Å². The molecule has 2 fully saturated rings. The number of halogens is 1. The first kappa shape index (κ1) is 17.9. The molecule has 1 aromatic carbocycles. The fourth-order valence-electron chi connectivity index (χ4n) is 3.57. The Morgan fingerprint density at radius 1 is 1.19 bits per heavy atom. The number of nitrogens with zero attached hydrogens (tertiary/aromatic N) is 5. The van der Waals surface area contributed by atoms with Gasteiger partial charge in [-0.3, -0.25) is 19.2 Å². The molecule has 3 aliphatic heterocycles. The Morgan fingerprint density at radius 2 is 1.89 bits per heavy atom. The molecule has 0 bridgehead atoms. The highest BCUT2D eigenvalue weighted by atomic mass is 35.5. The maximum atomic E-state index is 12.9. The van der Waals surface area contributed by atoms with Crippen LogP contribution in [0.5, 0.6) is 0 Å². The summed E-state index contributed by atoms with van der Waals surface area (Å²) in [6, 6.07) is 6.52. The summed E-state index contributed by atoms with van der Waals surface area (Å²) in [4.78, 5) is 34.5. The van der Waals surface area contributed by atoms with E-state index < -0.39 is 6.04 Å². The van der Waals surface area contributed by atoms with Gasteiger partial charge in [0.25, 0.3) is 5.91 Å². The van der Waals surface area contributed by atoms with Crippen molar-refractivity contribution in [2.45, 2.75) is 12.6 Å². The molecule has 9 heteroatoms. The van der Waals surface area contributed by atoms with E-state index in [2.05, 4.69) is 4.58 Å². The Morgan fingerprint density at radius 3 is 2.59 bits per heavy atom. The van der Waals surface area contributed by atoms with Gasteiger partial charge >= 0.3 is 12.0 Å². The van der Waals surface area contributed by atoms with Crippen molar-refractivity contribution < 1.29 is 18.9 Å². The summed E-state index contributed by atoms with van der Waals surface area (Å²) < 4.78 is 7.54. The number of fused-ring (bicyclic) bond motifs is 1. The molecule has 1 aromatic rings. The summed E-state index contributed by atoms with van der Waals surface area (Å²) in [6.45, 7) is 2.98. The summed E-state index contributed by atoms with van der Waals surface area (Å²) in [5, 5.41) is 0.633. The molecule has 0 aromatic heterocycles. The van der Waals surface area contributed by atoms with Crippen LogP contribution in [-0.2, 0) is 16.1 Å². The lowest BCUT2D eigenvalue weighted by Gasteiger charge is -2.33. The Kier molecular flexibility index (Phi) is 4.61. The number of imide groups is 1. The van der Waals surface area contributed by atoms with Crippen molar-refractivity contribution in [2.24, 2.45) is 4.99 Å². The van der Waals surface area contributed by atoms with Crippen molar-refractivity contribution in [3.63, 3.8) is 0 Å². The molecule has 27 heavy (non-hydrogen) atoms. The summed E-state index contributed by atoms with van der Waals surface area (Å²) in [6.07, 6.45) is 0. The number of amides is 3. The minimum atomic E-state index is -0.646. The third kappa shape index (κ3) is 2.98. The predicted octanol–water partition coefficient (Wildman–Crippen LogP) is 0.845. The van der Waals surface area contributed by atoms with Gasteiger partial charge in [0.05, 0.1) is 32.8 Å². The number of ether oxygens (including phenoxy) is 1. The second-order valence-corrected chi connectivity index (χ2v) is 7.14. The number of hydrogen-bond acceptors (Lipinski definition) is 3. The van der Waals surface area contributed by atoms with Gasteiger partial charge in [-0.2, -0.15) is 0 Å². The fourth-order valence-corrected chi connectivity index (χ4v) is 3.77. The third-order valence-corrected chi connectivity index (χ3v) is 5.47. The quantitative estimate of drug-likeness (QED) is 0.702. The number of aliphatic imine (C=N–C) groups is 1. The second-order valence-electron chi connectivity index (χ2n) is 6.73. The Hall–Kier alpha value is -2.45. The number of urea groups is 1. The lowest BCUT2D eigenvalue weighted by atomic mass is 10.1. The van der Waals surface area contributed by atoms with Crippen molar-refractivity contribution in [3.05, 3.63) is 34.9 Å². The normalized spacial score (nSPS) is 23.1. The minimum Gasteiger partial charge on any atom is -0.375 e. The SMILES string of the molecule is CN1C(=O)C2C(=NC(=[N+]3CCOCC3)N2Cc2ccccc2Cl)N(C)C1=O. The Labute approximate surface area is 162 Å². The van der Waals surface area contributed by atoms with E-state index in [1.807, 2.05) is 29.2 Å². The summed E-state index contributed by atoms with van der Waals surface area (Å²) in [7, 11) is 3.14. The van der Waals surface area contributed by atoms with Crippen LogP contribution in [-0.4, -0.2) is 89.4 Å². The molecule has 0 aliphatic carbocycles. The molecule has 3 amide bonds. The number of morpholine rings is 1. The van der Waals surface area contributed by atoms with Gasteiger partial charge < -0.3 is 4.74 Å². The van der Waals surface area contributed by atoms with Crippen LogP contribution in [0.4, 0.5) is 4.79 Å². The van der Waals surface area contributed by atoms with Crippen molar-refractivity contribution in [1.29, 1.82) is 0 Å². The summed E-state index contributed by atoms with van der Waals surface area (Å²) in [5.74, 6) is 0.852. The van der Waals surface area contributed by atoms with Crippen molar-refractivity contribution >= 4 is 35.3 Å². The number of guanidine groups is 1. The van der Waals surface area contributed by atoms with Crippen LogP contribution in [0.15, 0.2) is 29.3 Å². The average Bonchev–Trinajstić information content (AvgIpc) is 3.06. The van der Waals surface area contributed by atoms with Crippen molar-refractivity contribution in [2.75, 3.05) is 40.4 Å². The Balaban J connectivity index is 1.79. The monoisotopic (exact) mass is 390 g/mol. The topological polar surface area (TPSA) is 68.5 Å². The highest BCUT2D eigenvalue weighted by Crippen LogP contribution is 2.27. The average molecular weight is 391 g/mol. The number of carbonyl (C=O) groups is 2. The number of benzene rings is 1. The molecule has 0 saturated carbocycles. The molecule has 1 unspecified atom stereocenters. The number of carbonyl (C=O) groups excluding carboxylic acids is 2. The molecule has 3 heterocycles. The van der Waals surface area contributed by atoms with Crippen molar-refractivity contribution in [1.82, 2.24) is 14.7 Å². The molecule has 8 nitrogen and oxygen atoms in total. The number of hydrogen-bond donors (Lipinski definition) is 0. The third-order valence-electron chi connectivity index (χ3n) is 5.10.